The molecule has 1 aromatic carbocycles. The van der Waals surface area contributed by atoms with Gasteiger partial charge in [0.15, 0.2) is 17.5 Å². The first-order valence-electron chi connectivity index (χ1n) is 5.78. The molecule has 1 aromatic rings. The van der Waals surface area contributed by atoms with Crippen molar-refractivity contribution in [2.45, 2.75) is 13.8 Å². The zero-order valence-corrected chi connectivity index (χ0v) is 11.1. The van der Waals surface area contributed by atoms with E-state index in [0.29, 0.717) is 6.54 Å². The molecule has 106 valence electrons. The molecule has 3 nitrogen and oxygen atoms in total. The highest BCUT2D eigenvalue weighted by Gasteiger charge is 2.25. The van der Waals surface area contributed by atoms with Gasteiger partial charge >= 0.3 is 0 Å². The third kappa shape index (κ3) is 3.47. The molecule has 0 aliphatic rings. The van der Waals surface area contributed by atoms with E-state index in [4.69, 9.17) is 5.73 Å². The summed E-state index contributed by atoms with van der Waals surface area (Å²) in [7, 11) is 1.46. The summed E-state index contributed by atoms with van der Waals surface area (Å²) >= 11 is 0. The SMILES string of the molecule is CN(CC(C)(C)CN)C(=O)c1ccc(F)c(F)c1F. The molecule has 6 heteroatoms. The smallest absolute Gasteiger partial charge is 0.256 e. The van der Waals surface area contributed by atoms with Crippen molar-refractivity contribution in [3.8, 4) is 0 Å². The molecular weight excluding hydrogens is 257 g/mol. The number of carbonyl (C=O) groups excluding carboxylic acids is 1. The Balaban J connectivity index is 2.98. The van der Waals surface area contributed by atoms with E-state index in [0.717, 1.165) is 12.1 Å². The Morgan fingerprint density at radius 3 is 2.37 bits per heavy atom. The summed E-state index contributed by atoms with van der Waals surface area (Å²) in [4.78, 5) is 13.2. The lowest BCUT2D eigenvalue weighted by molar-refractivity contribution is 0.0734. The van der Waals surface area contributed by atoms with Crippen LogP contribution in [0.2, 0.25) is 0 Å². The van der Waals surface area contributed by atoms with Gasteiger partial charge in [-0.05, 0) is 24.1 Å². The molecule has 0 saturated heterocycles. The number of carbonyl (C=O) groups is 1. The van der Waals surface area contributed by atoms with Crippen LogP contribution in [0, 0.1) is 22.9 Å². The standard InChI is InChI=1S/C13H17F3N2O/c1-13(2,6-17)7-18(3)12(19)8-4-5-9(14)11(16)10(8)15/h4-5H,6-7,17H2,1-3H3. The van der Waals surface area contributed by atoms with Crippen molar-refractivity contribution in [3.05, 3.63) is 35.1 Å². The van der Waals surface area contributed by atoms with E-state index in [-0.39, 0.29) is 12.0 Å². The van der Waals surface area contributed by atoms with Crippen molar-refractivity contribution >= 4 is 5.91 Å². The Kier molecular flexibility index (Phi) is 4.57. The van der Waals surface area contributed by atoms with Crippen LogP contribution in [-0.2, 0) is 0 Å². The first-order chi connectivity index (χ1) is 8.69. The molecule has 0 atom stereocenters. The normalized spacial score (nSPS) is 11.5. The van der Waals surface area contributed by atoms with Crippen molar-refractivity contribution in [1.82, 2.24) is 4.90 Å². The molecule has 0 heterocycles. The maximum absolute atomic E-state index is 13.5. The fourth-order valence-electron chi connectivity index (χ4n) is 1.68. The van der Waals surface area contributed by atoms with Crippen LogP contribution in [0.4, 0.5) is 13.2 Å². The van der Waals surface area contributed by atoms with E-state index < -0.39 is 28.9 Å². The van der Waals surface area contributed by atoms with Crippen molar-refractivity contribution in [3.63, 3.8) is 0 Å². The number of hydrogen-bond donors (Lipinski definition) is 1. The molecule has 0 bridgehead atoms. The summed E-state index contributed by atoms with van der Waals surface area (Å²) in [5.74, 6) is -5.14. The third-order valence-corrected chi connectivity index (χ3v) is 2.83. The molecule has 0 aliphatic heterocycles. The molecule has 0 fully saturated rings. The van der Waals surface area contributed by atoms with E-state index in [1.807, 2.05) is 13.8 Å². The minimum absolute atomic E-state index is 0.279. The highest BCUT2D eigenvalue weighted by atomic mass is 19.2. The van der Waals surface area contributed by atoms with E-state index in [2.05, 4.69) is 0 Å². The summed E-state index contributed by atoms with van der Waals surface area (Å²) in [5.41, 5.74) is 4.71. The molecule has 19 heavy (non-hydrogen) atoms. The van der Waals surface area contributed by atoms with E-state index >= 15 is 0 Å². The van der Waals surface area contributed by atoms with Crippen LogP contribution in [0.25, 0.3) is 0 Å². The topological polar surface area (TPSA) is 46.3 Å². The van der Waals surface area contributed by atoms with Crippen LogP contribution >= 0.6 is 0 Å². The van der Waals surface area contributed by atoms with Gasteiger partial charge in [-0.2, -0.15) is 0 Å². The van der Waals surface area contributed by atoms with Gasteiger partial charge in [-0.1, -0.05) is 13.8 Å². The third-order valence-electron chi connectivity index (χ3n) is 2.83. The fourth-order valence-corrected chi connectivity index (χ4v) is 1.68. The maximum atomic E-state index is 13.5. The van der Waals surface area contributed by atoms with Gasteiger partial charge in [0.05, 0.1) is 5.56 Å². The predicted octanol–water partition coefficient (Wildman–Crippen LogP) is 2.16. The van der Waals surface area contributed by atoms with Crippen molar-refractivity contribution in [2.24, 2.45) is 11.1 Å². The first kappa shape index (κ1) is 15.5. The zero-order valence-electron chi connectivity index (χ0n) is 11.1. The van der Waals surface area contributed by atoms with Crippen molar-refractivity contribution in [1.29, 1.82) is 0 Å². The van der Waals surface area contributed by atoms with E-state index in [1.54, 1.807) is 0 Å². The van der Waals surface area contributed by atoms with Crippen LogP contribution < -0.4 is 5.73 Å². The monoisotopic (exact) mass is 274 g/mol. The molecule has 1 amide bonds. The zero-order chi connectivity index (χ0) is 14.8. The second-order valence-corrected chi connectivity index (χ2v) is 5.25. The number of amides is 1. The summed E-state index contributed by atoms with van der Waals surface area (Å²) in [6, 6.07) is 1.66. The molecule has 0 unspecified atom stereocenters. The van der Waals surface area contributed by atoms with Gasteiger partial charge in [0.1, 0.15) is 0 Å². The molecule has 2 N–H and O–H groups in total. The van der Waals surface area contributed by atoms with Gasteiger partial charge in [-0.15, -0.1) is 0 Å². The van der Waals surface area contributed by atoms with Gasteiger partial charge in [-0.3, -0.25) is 4.79 Å². The molecule has 1 rings (SSSR count). The quantitative estimate of drug-likeness (QED) is 0.855. The number of nitrogens with zero attached hydrogens (tertiary/aromatic N) is 1. The Labute approximate surface area is 110 Å². The lowest BCUT2D eigenvalue weighted by atomic mass is 9.93. The summed E-state index contributed by atoms with van der Waals surface area (Å²) in [6.45, 7) is 4.31. The average molecular weight is 274 g/mol. The van der Waals surface area contributed by atoms with Crippen LogP contribution in [-0.4, -0.2) is 30.9 Å². The lowest BCUT2D eigenvalue weighted by Crippen LogP contribution is -2.40. The minimum atomic E-state index is -1.64. The van der Waals surface area contributed by atoms with E-state index in [9.17, 15) is 18.0 Å². The van der Waals surface area contributed by atoms with Gasteiger partial charge < -0.3 is 10.6 Å². The van der Waals surface area contributed by atoms with Crippen LogP contribution in [0.5, 0.6) is 0 Å². The largest absolute Gasteiger partial charge is 0.341 e. The summed E-state index contributed by atoms with van der Waals surface area (Å²) < 4.78 is 39.4. The van der Waals surface area contributed by atoms with Gasteiger partial charge in [-0.25, -0.2) is 13.2 Å². The highest BCUT2D eigenvalue weighted by Crippen LogP contribution is 2.19. The average Bonchev–Trinajstić information content (AvgIpc) is 2.35. The molecular formula is C13H17F3N2O. The second kappa shape index (κ2) is 5.61. The van der Waals surface area contributed by atoms with Gasteiger partial charge in [0.2, 0.25) is 0 Å². The van der Waals surface area contributed by atoms with Crippen LogP contribution in [0.3, 0.4) is 0 Å². The number of nitrogens with two attached hydrogens (primary N) is 1. The Morgan fingerprint density at radius 1 is 1.26 bits per heavy atom. The summed E-state index contributed by atoms with van der Waals surface area (Å²) in [6.07, 6.45) is 0. The Hall–Kier alpha value is -1.56. The van der Waals surface area contributed by atoms with Gasteiger partial charge in [0, 0.05) is 13.6 Å². The molecule has 0 spiro atoms. The van der Waals surface area contributed by atoms with Gasteiger partial charge in [0.25, 0.3) is 5.91 Å². The second-order valence-electron chi connectivity index (χ2n) is 5.25. The molecule has 0 aliphatic carbocycles. The number of benzene rings is 1. The van der Waals surface area contributed by atoms with Crippen LogP contribution in [0.15, 0.2) is 12.1 Å². The first-order valence-corrected chi connectivity index (χ1v) is 5.78. The minimum Gasteiger partial charge on any atom is -0.341 e. The molecule has 0 radical (unpaired) electrons. The predicted molar refractivity (Wildman–Crippen MR) is 66.1 cm³/mol. The van der Waals surface area contributed by atoms with Crippen molar-refractivity contribution < 1.29 is 18.0 Å². The highest BCUT2D eigenvalue weighted by molar-refractivity contribution is 5.94. The van der Waals surface area contributed by atoms with Crippen LogP contribution in [0.1, 0.15) is 24.2 Å². The number of hydrogen-bond acceptors (Lipinski definition) is 2. The molecule has 0 saturated carbocycles. The Bertz CT molecular complexity index is 489. The van der Waals surface area contributed by atoms with Crippen molar-refractivity contribution in [2.75, 3.05) is 20.1 Å². The fraction of sp³-hybridized carbons (Fsp3) is 0.462. The maximum Gasteiger partial charge on any atom is 0.256 e. The molecule has 0 aromatic heterocycles. The van der Waals surface area contributed by atoms with E-state index in [1.165, 1.54) is 11.9 Å². The summed E-state index contributed by atoms with van der Waals surface area (Å²) in [5, 5.41) is 0. The Morgan fingerprint density at radius 2 is 1.84 bits per heavy atom. The number of halogens is 3. The lowest BCUT2D eigenvalue weighted by Gasteiger charge is -2.29. The number of rotatable bonds is 4.